The van der Waals surface area contributed by atoms with Gasteiger partial charge in [-0.15, -0.1) is 0 Å². The average Bonchev–Trinajstić information content (AvgIpc) is 3.13. The Morgan fingerprint density at radius 1 is 0.686 bits per heavy atom. The lowest BCUT2D eigenvalue weighted by molar-refractivity contribution is -0.113. The van der Waals surface area contributed by atoms with Crippen LogP contribution in [0, 0.1) is 6.92 Å². The van der Waals surface area contributed by atoms with Crippen LogP contribution in [0.15, 0.2) is 64.6 Å². The molecule has 0 aromatic heterocycles. The van der Waals surface area contributed by atoms with Crippen LogP contribution in [0.4, 0.5) is 0 Å². The molecule has 0 radical (unpaired) electrons. The number of hydrogen-bond donors (Lipinski definition) is 2. The van der Waals surface area contributed by atoms with Crippen molar-refractivity contribution in [2.24, 2.45) is 0 Å². The van der Waals surface area contributed by atoms with Crippen molar-refractivity contribution in [2.75, 3.05) is 53.5 Å². The van der Waals surface area contributed by atoms with E-state index in [4.69, 9.17) is 9.47 Å². The zero-order chi connectivity index (χ0) is 36.1. The van der Waals surface area contributed by atoms with Gasteiger partial charge in [-0.25, -0.2) is 8.42 Å². The fourth-order valence-electron chi connectivity index (χ4n) is 7.25. The predicted octanol–water partition coefficient (Wildman–Crippen LogP) is 6.14. The van der Waals surface area contributed by atoms with Crippen molar-refractivity contribution in [1.82, 2.24) is 14.1 Å². The topological polar surface area (TPSA) is 120 Å². The number of ketones is 1. The summed E-state index contributed by atoms with van der Waals surface area (Å²) in [6.07, 6.45) is 10.2. The van der Waals surface area contributed by atoms with E-state index in [0.29, 0.717) is 46.5 Å². The summed E-state index contributed by atoms with van der Waals surface area (Å²) in [5.41, 5.74) is 4.14. The first-order chi connectivity index (χ1) is 24.5. The molecule has 3 aromatic rings. The highest BCUT2D eigenvalue weighted by molar-refractivity contribution is 7.89. The van der Waals surface area contributed by atoms with Crippen molar-refractivity contribution in [2.45, 2.75) is 63.4 Å². The van der Waals surface area contributed by atoms with E-state index in [1.165, 1.54) is 31.4 Å². The second-order valence-corrected chi connectivity index (χ2v) is 15.8. The van der Waals surface area contributed by atoms with Crippen molar-refractivity contribution >= 4 is 28.0 Å². The first kappa shape index (κ1) is 36.6. The predicted molar refractivity (Wildman–Crippen MR) is 198 cm³/mol. The van der Waals surface area contributed by atoms with Crippen molar-refractivity contribution in [3.63, 3.8) is 0 Å². The summed E-state index contributed by atoms with van der Waals surface area (Å²) < 4.78 is 40.6. The number of likely N-dealkylation sites (tertiary alicyclic amines) is 2. The second kappa shape index (κ2) is 16.0. The van der Waals surface area contributed by atoms with Crippen LogP contribution in [0.5, 0.6) is 23.0 Å². The second-order valence-electron chi connectivity index (χ2n) is 13.9. The number of aryl methyl sites for hydroxylation is 1. The van der Waals surface area contributed by atoms with Gasteiger partial charge in [-0.05, 0) is 118 Å². The van der Waals surface area contributed by atoms with E-state index in [-0.39, 0.29) is 46.8 Å². The van der Waals surface area contributed by atoms with E-state index in [9.17, 15) is 23.4 Å². The molecule has 3 saturated heterocycles. The lowest BCUT2D eigenvalue weighted by atomic mass is 9.94. The van der Waals surface area contributed by atoms with Gasteiger partial charge in [0, 0.05) is 48.5 Å². The van der Waals surface area contributed by atoms with Gasteiger partial charge in [0.25, 0.3) is 0 Å². The van der Waals surface area contributed by atoms with E-state index in [2.05, 4.69) is 9.80 Å². The highest BCUT2D eigenvalue weighted by Gasteiger charge is 2.34. The number of methoxy groups -OCH3 is 2. The van der Waals surface area contributed by atoms with E-state index in [0.717, 1.165) is 57.4 Å². The molecule has 2 N–H and O–H groups in total. The molecule has 0 spiro atoms. The van der Waals surface area contributed by atoms with E-state index in [1.807, 2.05) is 19.1 Å². The maximum absolute atomic E-state index is 14.3. The molecule has 3 heterocycles. The SMILES string of the molecule is COc1cc(/C=C2\CN(S(=O)(=O)c3ccc(C)cc3)C/C(=C\c3cc(CN4CCCCC4)c(O)c(OC)c3)C2=O)cc(CN2CCCCC2)c1O. The molecule has 272 valence electrons. The maximum Gasteiger partial charge on any atom is 0.243 e. The molecular weight excluding hydrogens is 667 g/mol. The summed E-state index contributed by atoms with van der Waals surface area (Å²) in [7, 11) is -1.01. The molecule has 0 unspecified atom stereocenters. The zero-order valence-electron chi connectivity index (χ0n) is 29.9. The van der Waals surface area contributed by atoms with Gasteiger partial charge in [-0.1, -0.05) is 30.5 Å². The monoisotopic (exact) mass is 715 g/mol. The average molecular weight is 716 g/mol. The number of nitrogens with zero attached hydrogens (tertiary/aromatic N) is 3. The van der Waals surface area contributed by atoms with Crippen LogP contribution in [0.1, 0.15) is 66.3 Å². The molecule has 0 aliphatic carbocycles. The van der Waals surface area contributed by atoms with Crippen LogP contribution in [0.2, 0.25) is 0 Å². The molecule has 0 saturated carbocycles. The smallest absolute Gasteiger partial charge is 0.243 e. The molecule has 3 fully saturated rings. The van der Waals surface area contributed by atoms with E-state index >= 15 is 0 Å². The molecule has 0 amide bonds. The number of phenols is 2. The lowest BCUT2D eigenvalue weighted by Crippen LogP contribution is -2.41. The number of ether oxygens (including phenoxy) is 2. The molecule has 51 heavy (non-hydrogen) atoms. The Morgan fingerprint density at radius 3 is 1.53 bits per heavy atom. The number of piperidine rings is 3. The number of carbonyl (C=O) groups excluding carboxylic acids is 1. The molecule has 6 rings (SSSR count). The van der Waals surface area contributed by atoms with Crippen LogP contribution in [0.3, 0.4) is 0 Å². The quantitative estimate of drug-likeness (QED) is 0.239. The van der Waals surface area contributed by atoms with Gasteiger partial charge in [0.1, 0.15) is 0 Å². The maximum atomic E-state index is 14.3. The van der Waals surface area contributed by atoms with Crippen LogP contribution < -0.4 is 9.47 Å². The molecular formula is C40H49N3O7S. The first-order valence-electron chi connectivity index (χ1n) is 17.8. The molecule has 0 atom stereocenters. The standard InChI is InChI=1S/C40H49N3O7S/c1-28-10-12-35(13-11-28)51(47,48)43-26-33(20-29-18-31(39(45)36(22-29)49-2)24-41-14-6-4-7-15-41)38(44)34(27-43)21-30-19-32(40(46)37(23-30)50-3)25-42-16-8-5-9-17-42/h10-13,18-23,45-46H,4-9,14-17,24-27H2,1-3H3/b33-20+,34-21+. The summed E-state index contributed by atoms with van der Waals surface area (Å²) in [5, 5.41) is 22.0. The normalized spacial score (nSPS) is 19.9. The fraction of sp³-hybridized carbons (Fsp3) is 0.425. The summed E-state index contributed by atoms with van der Waals surface area (Å²) in [6, 6.07) is 13.7. The van der Waals surface area contributed by atoms with Crippen molar-refractivity contribution < 1.29 is 32.9 Å². The van der Waals surface area contributed by atoms with Gasteiger partial charge in [0.05, 0.1) is 19.1 Å². The summed E-state index contributed by atoms with van der Waals surface area (Å²) in [5.74, 6) is 0.422. The first-order valence-corrected chi connectivity index (χ1v) is 19.3. The number of carbonyl (C=O) groups is 1. The van der Waals surface area contributed by atoms with Crippen LogP contribution >= 0.6 is 0 Å². The highest BCUT2D eigenvalue weighted by Crippen LogP contribution is 2.37. The van der Waals surface area contributed by atoms with Gasteiger partial charge >= 0.3 is 0 Å². The summed E-state index contributed by atoms with van der Waals surface area (Å²) in [4.78, 5) is 19.0. The third kappa shape index (κ3) is 8.49. The van der Waals surface area contributed by atoms with Crippen molar-refractivity contribution in [3.8, 4) is 23.0 Å². The molecule has 11 heteroatoms. The fourth-order valence-corrected chi connectivity index (χ4v) is 8.65. The third-order valence-corrected chi connectivity index (χ3v) is 11.9. The molecule has 3 aliphatic heterocycles. The Labute approximate surface area is 301 Å². The minimum Gasteiger partial charge on any atom is -0.504 e. The van der Waals surface area contributed by atoms with Crippen molar-refractivity contribution in [3.05, 3.63) is 87.5 Å². The molecule has 3 aromatic carbocycles. The van der Waals surface area contributed by atoms with Gasteiger partial charge in [0.15, 0.2) is 28.8 Å². The van der Waals surface area contributed by atoms with Gasteiger partial charge in [-0.3, -0.25) is 14.6 Å². The van der Waals surface area contributed by atoms with E-state index in [1.54, 1.807) is 48.6 Å². The third-order valence-electron chi connectivity index (χ3n) is 10.1. The molecule has 10 nitrogen and oxygen atoms in total. The Hall–Kier alpha value is -4.16. The lowest BCUT2D eigenvalue weighted by Gasteiger charge is -2.29. The van der Waals surface area contributed by atoms with Crippen LogP contribution in [-0.2, 0) is 27.9 Å². The number of sulfonamides is 1. The van der Waals surface area contributed by atoms with Crippen LogP contribution in [-0.4, -0.2) is 92.0 Å². The summed E-state index contributed by atoms with van der Waals surface area (Å²) in [6.45, 7) is 6.46. The van der Waals surface area contributed by atoms with Gasteiger partial charge < -0.3 is 19.7 Å². The highest BCUT2D eigenvalue weighted by atomic mass is 32.2. The van der Waals surface area contributed by atoms with Gasteiger partial charge in [0.2, 0.25) is 10.0 Å². The zero-order valence-corrected chi connectivity index (χ0v) is 30.7. The Balaban J connectivity index is 1.41. The number of benzene rings is 3. The Bertz CT molecular complexity index is 1810. The number of phenolic OH excluding ortho intramolecular Hbond substituents is 2. The number of Topliss-reactive ketones (excluding diaryl/α,β-unsaturated/α-hetero) is 1. The Kier molecular flexibility index (Phi) is 11.5. The van der Waals surface area contributed by atoms with E-state index < -0.39 is 10.0 Å². The minimum atomic E-state index is -3.99. The largest absolute Gasteiger partial charge is 0.504 e. The number of rotatable bonds is 10. The van der Waals surface area contributed by atoms with Crippen LogP contribution in [0.25, 0.3) is 12.2 Å². The molecule has 3 aliphatic rings. The minimum absolute atomic E-state index is 0.0611. The summed E-state index contributed by atoms with van der Waals surface area (Å²) >= 11 is 0. The van der Waals surface area contributed by atoms with Gasteiger partial charge in [-0.2, -0.15) is 4.31 Å². The molecule has 0 bridgehead atoms. The number of hydrogen-bond acceptors (Lipinski definition) is 9. The van der Waals surface area contributed by atoms with Crippen molar-refractivity contribution in [1.29, 1.82) is 0 Å². The Morgan fingerprint density at radius 2 is 1.12 bits per heavy atom. The number of aromatic hydroxyl groups is 2.